The molecule has 0 radical (unpaired) electrons. The number of carbonyl (C=O) groups excluding carboxylic acids is 1. The third kappa shape index (κ3) is 5.56. The van der Waals surface area contributed by atoms with Gasteiger partial charge in [0.05, 0.1) is 22.8 Å². The summed E-state index contributed by atoms with van der Waals surface area (Å²) in [5.74, 6) is -0.400. The minimum Gasteiger partial charge on any atom is -0.462 e. The molecule has 7 heteroatoms. The first kappa shape index (κ1) is 21.4. The molecule has 0 atom stereocenters. The zero-order valence-corrected chi connectivity index (χ0v) is 17.9. The van der Waals surface area contributed by atoms with Gasteiger partial charge in [-0.1, -0.05) is 47.0 Å². The molecule has 0 fully saturated rings. The number of sulfonamides is 1. The van der Waals surface area contributed by atoms with Crippen molar-refractivity contribution in [1.29, 1.82) is 0 Å². The lowest BCUT2D eigenvalue weighted by Crippen LogP contribution is -2.32. The van der Waals surface area contributed by atoms with Gasteiger partial charge in [-0.05, 0) is 49.7 Å². The molecule has 146 valence electrons. The Morgan fingerprint density at radius 2 is 1.70 bits per heavy atom. The minimum atomic E-state index is -3.70. The first-order valence-electron chi connectivity index (χ1n) is 8.82. The molecule has 0 aliphatic carbocycles. The number of anilines is 1. The second kappa shape index (κ2) is 9.90. The third-order valence-electron chi connectivity index (χ3n) is 4.02. The van der Waals surface area contributed by atoms with Crippen molar-refractivity contribution in [2.75, 3.05) is 22.8 Å². The van der Waals surface area contributed by atoms with Crippen LogP contribution in [0.25, 0.3) is 0 Å². The Hall–Kier alpha value is -1.86. The van der Waals surface area contributed by atoms with Gasteiger partial charge in [0, 0.05) is 11.9 Å². The molecule has 2 rings (SSSR count). The number of carbonyl (C=O) groups is 1. The molecule has 0 heterocycles. The van der Waals surface area contributed by atoms with Crippen molar-refractivity contribution in [3.05, 3.63) is 59.7 Å². The topological polar surface area (TPSA) is 63.7 Å². The number of nitrogens with zero attached hydrogens (tertiary/aromatic N) is 1. The van der Waals surface area contributed by atoms with Crippen molar-refractivity contribution in [1.82, 2.24) is 0 Å². The molecular weight excluding hydrogens is 430 g/mol. The van der Waals surface area contributed by atoms with Crippen LogP contribution in [0.4, 0.5) is 5.69 Å². The average molecular weight is 454 g/mol. The molecule has 0 saturated heterocycles. The third-order valence-corrected chi connectivity index (χ3v) is 6.21. The van der Waals surface area contributed by atoms with Gasteiger partial charge in [0.25, 0.3) is 10.0 Å². The van der Waals surface area contributed by atoms with E-state index in [2.05, 4.69) is 15.9 Å². The highest BCUT2D eigenvalue weighted by atomic mass is 79.9. The molecule has 0 unspecified atom stereocenters. The Morgan fingerprint density at radius 3 is 2.26 bits per heavy atom. The summed E-state index contributed by atoms with van der Waals surface area (Å²) in [6.07, 6.45) is 1.77. The zero-order chi connectivity index (χ0) is 19.9. The van der Waals surface area contributed by atoms with Gasteiger partial charge < -0.3 is 4.74 Å². The second-order valence-corrected chi connectivity index (χ2v) is 8.77. The second-order valence-electron chi connectivity index (χ2n) is 6.12. The summed E-state index contributed by atoms with van der Waals surface area (Å²) in [6, 6.07) is 13.2. The van der Waals surface area contributed by atoms with Gasteiger partial charge in [-0.2, -0.15) is 0 Å². The van der Waals surface area contributed by atoms with Gasteiger partial charge in [-0.15, -0.1) is 0 Å². The predicted octanol–water partition coefficient (Wildman–Crippen LogP) is 4.54. The summed E-state index contributed by atoms with van der Waals surface area (Å²) in [5.41, 5.74) is 1.90. The van der Waals surface area contributed by atoms with Crippen LogP contribution in [0.5, 0.6) is 0 Å². The molecule has 2 aromatic carbocycles. The van der Waals surface area contributed by atoms with Crippen molar-refractivity contribution >= 4 is 37.6 Å². The summed E-state index contributed by atoms with van der Waals surface area (Å²) in [4.78, 5) is 12.2. The quantitative estimate of drug-likeness (QED) is 0.317. The molecule has 0 aromatic heterocycles. The minimum absolute atomic E-state index is 0.233. The van der Waals surface area contributed by atoms with Crippen molar-refractivity contribution in [2.24, 2.45) is 0 Å². The lowest BCUT2D eigenvalue weighted by Gasteiger charge is -2.24. The van der Waals surface area contributed by atoms with Crippen LogP contribution >= 0.6 is 15.9 Å². The fraction of sp³-hybridized carbons (Fsp3) is 0.350. The molecule has 27 heavy (non-hydrogen) atoms. The Balaban J connectivity index is 2.26. The van der Waals surface area contributed by atoms with Gasteiger partial charge in [-0.3, -0.25) is 4.31 Å². The molecule has 0 N–H and O–H groups in total. The van der Waals surface area contributed by atoms with E-state index in [0.717, 1.165) is 18.4 Å². The highest BCUT2D eigenvalue weighted by Gasteiger charge is 2.24. The fourth-order valence-corrected chi connectivity index (χ4v) is 4.51. The molecule has 5 nitrogen and oxygen atoms in total. The highest BCUT2D eigenvalue weighted by molar-refractivity contribution is 9.09. The first-order chi connectivity index (χ1) is 12.9. The Labute approximate surface area is 169 Å². The molecule has 0 bridgehead atoms. The number of aryl methyl sites for hydroxylation is 1. The van der Waals surface area contributed by atoms with E-state index in [-0.39, 0.29) is 11.4 Å². The van der Waals surface area contributed by atoms with Crippen LogP contribution in [0.3, 0.4) is 0 Å². The lowest BCUT2D eigenvalue weighted by atomic mass is 10.2. The van der Waals surface area contributed by atoms with Crippen LogP contribution in [0.2, 0.25) is 0 Å². The van der Waals surface area contributed by atoms with Crippen molar-refractivity contribution < 1.29 is 17.9 Å². The van der Waals surface area contributed by atoms with Crippen LogP contribution < -0.4 is 4.31 Å². The summed E-state index contributed by atoms with van der Waals surface area (Å²) >= 11 is 3.32. The number of hydrogen-bond acceptors (Lipinski definition) is 4. The van der Waals surface area contributed by atoms with Crippen LogP contribution in [-0.4, -0.2) is 32.9 Å². The molecule has 0 aliphatic rings. The van der Waals surface area contributed by atoms with Crippen LogP contribution in [-0.2, 0) is 14.8 Å². The number of unbranched alkanes of at least 4 members (excludes halogenated alkanes) is 1. The van der Waals surface area contributed by atoms with E-state index in [1.54, 1.807) is 48.5 Å². The number of rotatable bonds is 9. The maximum Gasteiger partial charge on any atom is 0.338 e. The van der Waals surface area contributed by atoms with Crippen molar-refractivity contribution in [2.45, 2.75) is 31.6 Å². The molecule has 0 aliphatic heterocycles. The highest BCUT2D eigenvalue weighted by Crippen LogP contribution is 2.24. The van der Waals surface area contributed by atoms with Crippen molar-refractivity contribution in [3.8, 4) is 0 Å². The lowest BCUT2D eigenvalue weighted by molar-refractivity contribution is 0.0500. The SMILES string of the molecule is CCCCOC(=O)c1ccc(N(CCBr)S(=O)(=O)c2ccc(C)cc2)cc1. The Morgan fingerprint density at radius 1 is 1.07 bits per heavy atom. The van der Waals surface area contributed by atoms with Gasteiger partial charge >= 0.3 is 5.97 Å². The van der Waals surface area contributed by atoms with Crippen LogP contribution in [0.15, 0.2) is 53.4 Å². The monoisotopic (exact) mass is 453 g/mol. The van der Waals surface area contributed by atoms with E-state index in [0.29, 0.717) is 23.2 Å². The number of hydrogen-bond donors (Lipinski definition) is 0. The van der Waals surface area contributed by atoms with Crippen molar-refractivity contribution in [3.63, 3.8) is 0 Å². The summed E-state index contributed by atoms with van der Waals surface area (Å²) in [7, 11) is -3.70. The van der Waals surface area contributed by atoms with Gasteiger partial charge in [-0.25, -0.2) is 13.2 Å². The number of esters is 1. The van der Waals surface area contributed by atoms with Crippen LogP contribution in [0, 0.1) is 6.92 Å². The molecule has 0 amide bonds. The maximum atomic E-state index is 13.0. The summed E-state index contributed by atoms with van der Waals surface area (Å²) in [5, 5.41) is 0.485. The Bertz CT molecular complexity index is 849. The smallest absolute Gasteiger partial charge is 0.338 e. The van der Waals surface area contributed by atoms with E-state index in [1.807, 2.05) is 13.8 Å². The first-order valence-corrected chi connectivity index (χ1v) is 11.4. The van der Waals surface area contributed by atoms with Gasteiger partial charge in [0.1, 0.15) is 0 Å². The summed E-state index contributed by atoms with van der Waals surface area (Å²) < 4.78 is 32.6. The van der Waals surface area contributed by atoms with E-state index >= 15 is 0 Å². The molecule has 0 saturated carbocycles. The number of alkyl halides is 1. The Kier molecular flexibility index (Phi) is 7.86. The van der Waals surface area contributed by atoms with Crippen LogP contribution in [0.1, 0.15) is 35.7 Å². The zero-order valence-electron chi connectivity index (χ0n) is 15.5. The van der Waals surface area contributed by atoms with E-state index in [1.165, 1.54) is 4.31 Å². The van der Waals surface area contributed by atoms with E-state index < -0.39 is 16.0 Å². The largest absolute Gasteiger partial charge is 0.462 e. The standard InChI is InChI=1S/C20H24BrNO4S/c1-3-4-15-26-20(23)17-7-9-18(10-8-17)22(14-13-21)27(24,25)19-11-5-16(2)6-12-19/h5-12H,3-4,13-15H2,1-2H3. The maximum absolute atomic E-state index is 13.0. The van der Waals surface area contributed by atoms with E-state index in [4.69, 9.17) is 4.74 Å². The van der Waals surface area contributed by atoms with Gasteiger partial charge in [0.15, 0.2) is 0 Å². The molecule has 2 aromatic rings. The number of halogens is 1. The number of ether oxygens (including phenoxy) is 1. The molecule has 0 spiro atoms. The normalized spacial score (nSPS) is 11.2. The molecular formula is C20H24BrNO4S. The van der Waals surface area contributed by atoms with Gasteiger partial charge in [0.2, 0.25) is 0 Å². The fourth-order valence-electron chi connectivity index (χ4n) is 2.46. The van der Waals surface area contributed by atoms with E-state index in [9.17, 15) is 13.2 Å². The predicted molar refractivity (Wildman–Crippen MR) is 111 cm³/mol. The average Bonchev–Trinajstić information content (AvgIpc) is 2.66. The number of benzene rings is 2. The summed E-state index contributed by atoms with van der Waals surface area (Å²) in [6.45, 7) is 4.59.